The van der Waals surface area contributed by atoms with Crippen LogP contribution in [0.5, 0.6) is 0 Å². The second-order valence-electron chi connectivity index (χ2n) is 3.63. The number of fused-ring (bicyclic) bond motifs is 2. The molecule has 1 heterocycles. The van der Waals surface area contributed by atoms with Gasteiger partial charge in [-0.05, 0) is 39.2 Å². The smallest absolute Gasteiger partial charge is 0.00984 e. The molecule has 9 heavy (non-hydrogen) atoms. The van der Waals surface area contributed by atoms with Crippen molar-refractivity contribution in [2.24, 2.45) is 5.92 Å². The fourth-order valence-electron chi connectivity index (χ4n) is 2.46. The average molecular weight is 125 g/mol. The van der Waals surface area contributed by atoms with Gasteiger partial charge in [-0.3, -0.25) is 0 Å². The fourth-order valence-corrected chi connectivity index (χ4v) is 2.46. The van der Waals surface area contributed by atoms with Gasteiger partial charge >= 0.3 is 0 Å². The molecule has 0 radical (unpaired) electrons. The highest BCUT2D eigenvalue weighted by atomic mass is 15.2. The minimum Gasteiger partial charge on any atom is -0.300 e. The van der Waals surface area contributed by atoms with E-state index in [9.17, 15) is 0 Å². The molecule has 3 atom stereocenters. The molecule has 52 valence electrons. The lowest BCUT2D eigenvalue weighted by molar-refractivity contribution is 0.190. The molecular weight excluding hydrogens is 110 g/mol. The highest BCUT2D eigenvalue weighted by Crippen LogP contribution is 2.40. The van der Waals surface area contributed by atoms with E-state index in [0.29, 0.717) is 0 Å². The van der Waals surface area contributed by atoms with Crippen molar-refractivity contribution in [3.8, 4) is 0 Å². The zero-order chi connectivity index (χ0) is 6.43. The van der Waals surface area contributed by atoms with Crippen LogP contribution in [0.3, 0.4) is 0 Å². The molecule has 0 aromatic rings. The van der Waals surface area contributed by atoms with Gasteiger partial charge in [0.05, 0.1) is 0 Å². The summed E-state index contributed by atoms with van der Waals surface area (Å²) >= 11 is 0. The van der Waals surface area contributed by atoms with Crippen LogP contribution in [0.15, 0.2) is 0 Å². The maximum atomic E-state index is 2.55. The number of hydrogen-bond acceptors (Lipinski definition) is 1. The van der Waals surface area contributed by atoms with Gasteiger partial charge in [-0.1, -0.05) is 0 Å². The first-order valence-corrected chi connectivity index (χ1v) is 4.01. The van der Waals surface area contributed by atoms with Gasteiger partial charge in [-0.2, -0.15) is 0 Å². The Hall–Kier alpha value is -0.0400. The average Bonchev–Trinajstić information content (AvgIpc) is 2.37. The summed E-state index contributed by atoms with van der Waals surface area (Å²) in [6, 6.07) is 1.83. The molecule has 0 N–H and O–H groups in total. The van der Waals surface area contributed by atoms with Crippen molar-refractivity contribution in [1.82, 2.24) is 4.90 Å². The van der Waals surface area contributed by atoms with Crippen molar-refractivity contribution in [3.05, 3.63) is 0 Å². The molecule has 2 fully saturated rings. The number of rotatable bonds is 0. The summed E-state index contributed by atoms with van der Waals surface area (Å²) in [6.45, 7) is 2.36. The molecule has 2 unspecified atom stereocenters. The van der Waals surface area contributed by atoms with E-state index < -0.39 is 0 Å². The largest absolute Gasteiger partial charge is 0.300 e. The summed E-state index contributed by atoms with van der Waals surface area (Å²) in [6.07, 6.45) is 4.44. The Morgan fingerprint density at radius 3 is 2.44 bits per heavy atom. The predicted octanol–water partition coefficient (Wildman–Crippen LogP) is 1.49. The van der Waals surface area contributed by atoms with Crippen LogP contribution >= 0.6 is 0 Å². The van der Waals surface area contributed by atoms with Crippen molar-refractivity contribution in [2.75, 3.05) is 7.05 Å². The molecule has 0 aromatic carbocycles. The summed E-state index contributed by atoms with van der Waals surface area (Å²) in [5, 5.41) is 0. The maximum Gasteiger partial charge on any atom is 0.00984 e. The highest BCUT2D eigenvalue weighted by molar-refractivity contribution is 4.95. The van der Waals surface area contributed by atoms with Gasteiger partial charge in [0.1, 0.15) is 0 Å². The lowest BCUT2D eigenvalue weighted by atomic mass is 10.0. The SMILES string of the molecule is CC1[C@@H]2CCC(C2)N1C. The lowest BCUT2D eigenvalue weighted by Crippen LogP contribution is -2.35. The first-order chi connectivity index (χ1) is 4.29. The third-order valence-electron chi connectivity index (χ3n) is 3.35. The van der Waals surface area contributed by atoms with E-state index in [2.05, 4.69) is 18.9 Å². The van der Waals surface area contributed by atoms with Crippen LogP contribution in [0, 0.1) is 5.92 Å². The summed E-state index contributed by atoms with van der Waals surface area (Å²) in [7, 11) is 2.27. The normalized spacial score (nSPS) is 50.7. The quantitative estimate of drug-likeness (QED) is 0.474. The molecule has 0 aromatic heterocycles. The highest BCUT2D eigenvalue weighted by Gasteiger charge is 2.40. The van der Waals surface area contributed by atoms with Crippen molar-refractivity contribution < 1.29 is 0 Å². The number of nitrogens with zero attached hydrogens (tertiary/aromatic N) is 1. The molecule has 0 amide bonds. The van der Waals surface area contributed by atoms with Gasteiger partial charge in [0.25, 0.3) is 0 Å². The van der Waals surface area contributed by atoms with E-state index in [0.717, 1.165) is 18.0 Å². The van der Waals surface area contributed by atoms with Crippen molar-refractivity contribution in [1.29, 1.82) is 0 Å². The molecule has 1 aliphatic heterocycles. The van der Waals surface area contributed by atoms with Crippen LogP contribution in [0.1, 0.15) is 26.2 Å². The standard InChI is InChI=1S/C8H15N/c1-6-7-3-4-8(5-7)9(6)2/h6-8H,3-5H2,1-2H3/t6?,7-,8?/m1/s1. The number of piperidine rings is 1. The van der Waals surface area contributed by atoms with Gasteiger partial charge in [0, 0.05) is 12.1 Å². The van der Waals surface area contributed by atoms with E-state index in [1.807, 2.05) is 0 Å². The van der Waals surface area contributed by atoms with Crippen LogP contribution in [0.2, 0.25) is 0 Å². The fraction of sp³-hybridized carbons (Fsp3) is 1.00. The molecule has 1 aliphatic carbocycles. The monoisotopic (exact) mass is 125 g/mol. The molecule has 1 saturated heterocycles. The number of likely N-dealkylation sites (tertiary alicyclic amines) is 1. The van der Waals surface area contributed by atoms with Gasteiger partial charge in [0.15, 0.2) is 0 Å². The van der Waals surface area contributed by atoms with Crippen LogP contribution in [0.25, 0.3) is 0 Å². The summed E-state index contributed by atoms with van der Waals surface area (Å²) in [5.41, 5.74) is 0. The van der Waals surface area contributed by atoms with Crippen molar-refractivity contribution in [3.63, 3.8) is 0 Å². The van der Waals surface area contributed by atoms with Crippen molar-refractivity contribution >= 4 is 0 Å². The lowest BCUT2D eigenvalue weighted by Gasteiger charge is -2.28. The van der Waals surface area contributed by atoms with Gasteiger partial charge in [0.2, 0.25) is 0 Å². The Bertz CT molecular complexity index is 104. The Morgan fingerprint density at radius 2 is 2.11 bits per heavy atom. The molecule has 2 aliphatic rings. The summed E-state index contributed by atoms with van der Waals surface area (Å²) in [5.74, 6) is 1.04. The zero-order valence-electron chi connectivity index (χ0n) is 6.30. The van der Waals surface area contributed by atoms with Crippen LogP contribution < -0.4 is 0 Å². The first-order valence-electron chi connectivity index (χ1n) is 4.01. The Balaban J connectivity index is 2.15. The topological polar surface area (TPSA) is 3.24 Å². The predicted molar refractivity (Wildman–Crippen MR) is 38.4 cm³/mol. The third-order valence-corrected chi connectivity index (χ3v) is 3.35. The Kier molecular flexibility index (Phi) is 1.10. The van der Waals surface area contributed by atoms with Gasteiger partial charge < -0.3 is 4.90 Å². The zero-order valence-corrected chi connectivity index (χ0v) is 6.30. The molecule has 1 heteroatoms. The first kappa shape index (κ1) is 5.72. The second-order valence-corrected chi connectivity index (χ2v) is 3.63. The van der Waals surface area contributed by atoms with Crippen LogP contribution in [-0.4, -0.2) is 24.0 Å². The molecular formula is C8H15N. The van der Waals surface area contributed by atoms with Gasteiger partial charge in [-0.25, -0.2) is 0 Å². The van der Waals surface area contributed by atoms with E-state index in [4.69, 9.17) is 0 Å². The Labute approximate surface area is 57.0 Å². The molecule has 0 spiro atoms. The molecule has 2 bridgehead atoms. The summed E-state index contributed by atoms with van der Waals surface area (Å²) in [4.78, 5) is 2.55. The van der Waals surface area contributed by atoms with E-state index in [-0.39, 0.29) is 0 Å². The third kappa shape index (κ3) is 0.644. The minimum absolute atomic E-state index is 0.878. The van der Waals surface area contributed by atoms with Crippen LogP contribution in [-0.2, 0) is 0 Å². The van der Waals surface area contributed by atoms with Crippen molar-refractivity contribution in [2.45, 2.75) is 38.3 Å². The second kappa shape index (κ2) is 1.72. The van der Waals surface area contributed by atoms with E-state index >= 15 is 0 Å². The van der Waals surface area contributed by atoms with Gasteiger partial charge in [-0.15, -0.1) is 0 Å². The van der Waals surface area contributed by atoms with E-state index in [1.54, 1.807) is 0 Å². The van der Waals surface area contributed by atoms with Crippen LogP contribution in [0.4, 0.5) is 0 Å². The van der Waals surface area contributed by atoms with E-state index in [1.165, 1.54) is 19.3 Å². The minimum atomic E-state index is 0.878. The number of hydrogen-bond donors (Lipinski definition) is 0. The Morgan fingerprint density at radius 1 is 1.33 bits per heavy atom. The molecule has 1 saturated carbocycles. The molecule has 1 nitrogen and oxygen atoms in total. The molecule has 2 rings (SSSR count). The maximum absolute atomic E-state index is 2.55. The summed E-state index contributed by atoms with van der Waals surface area (Å²) < 4.78 is 0.